The van der Waals surface area contributed by atoms with Gasteiger partial charge in [0, 0.05) is 25.0 Å². The Bertz CT molecular complexity index is 530. The first-order chi connectivity index (χ1) is 10.5. The third kappa shape index (κ3) is 4.73. The van der Waals surface area contributed by atoms with E-state index >= 15 is 0 Å². The van der Waals surface area contributed by atoms with E-state index in [0.29, 0.717) is 10.9 Å². The lowest BCUT2D eigenvalue weighted by Crippen LogP contribution is -2.41. The molecule has 2 atom stereocenters. The molecule has 0 saturated carbocycles. The molecule has 1 saturated heterocycles. The maximum atomic E-state index is 12.5. The average molecular weight is 323 g/mol. The van der Waals surface area contributed by atoms with E-state index in [-0.39, 0.29) is 24.3 Å². The predicted octanol–water partition coefficient (Wildman–Crippen LogP) is 3.17. The summed E-state index contributed by atoms with van der Waals surface area (Å²) in [4.78, 5) is 25.9. The quantitative estimate of drug-likeness (QED) is 0.925. The summed E-state index contributed by atoms with van der Waals surface area (Å²) in [5.41, 5.74) is 0.901. The van der Waals surface area contributed by atoms with Gasteiger partial charge in [0.05, 0.1) is 12.5 Å². The van der Waals surface area contributed by atoms with Gasteiger partial charge < -0.3 is 10.2 Å². The molecule has 1 aromatic carbocycles. The van der Waals surface area contributed by atoms with Gasteiger partial charge in [0.15, 0.2) is 0 Å². The molecule has 0 bridgehead atoms. The number of likely N-dealkylation sites (tertiary alicyclic amines) is 1. The van der Waals surface area contributed by atoms with Crippen LogP contribution in [0.3, 0.4) is 0 Å². The minimum Gasteiger partial charge on any atom is -0.349 e. The molecule has 0 aliphatic carbocycles. The second-order valence-electron chi connectivity index (χ2n) is 6.10. The zero-order valence-electron chi connectivity index (χ0n) is 13.1. The van der Waals surface area contributed by atoms with Gasteiger partial charge >= 0.3 is 0 Å². The van der Waals surface area contributed by atoms with Crippen molar-refractivity contribution in [1.29, 1.82) is 0 Å². The predicted molar refractivity (Wildman–Crippen MR) is 87.6 cm³/mol. The number of nitrogens with zero attached hydrogens (tertiary/aromatic N) is 1. The third-order valence-electron chi connectivity index (χ3n) is 4.04. The molecule has 5 heteroatoms. The molecule has 0 radical (unpaired) electrons. The molecule has 0 aromatic heterocycles. The molecule has 1 aromatic rings. The molecular formula is C17H23ClN2O2. The van der Waals surface area contributed by atoms with Crippen molar-refractivity contribution in [3.05, 3.63) is 34.9 Å². The van der Waals surface area contributed by atoms with Gasteiger partial charge in [-0.25, -0.2) is 0 Å². The van der Waals surface area contributed by atoms with E-state index in [1.54, 1.807) is 12.1 Å². The average Bonchev–Trinajstić information content (AvgIpc) is 2.47. The van der Waals surface area contributed by atoms with Crippen LogP contribution in [0.15, 0.2) is 24.3 Å². The lowest BCUT2D eigenvalue weighted by Gasteiger charge is -2.32. The Balaban J connectivity index is 2.07. The van der Waals surface area contributed by atoms with Gasteiger partial charge in [0.2, 0.25) is 11.8 Å². The van der Waals surface area contributed by atoms with Crippen LogP contribution in [0.1, 0.15) is 44.7 Å². The molecule has 0 spiro atoms. The van der Waals surface area contributed by atoms with Crippen molar-refractivity contribution in [3.8, 4) is 0 Å². The highest BCUT2D eigenvalue weighted by atomic mass is 35.5. The van der Waals surface area contributed by atoms with Crippen LogP contribution < -0.4 is 5.32 Å². The second kappa shape index (κ2) is 7.63. The number of piperidine rings is 1. The number of hydrogen-bond donors (Lipinski definition) is 1. The van der Waals surface area contributed by atoms with E-state index in [4.69, 9.17) is 11.6 Å². The SMILES string of the molecule is CC(=O)N[C@H](CC(=O)N1CCC[C@H](C)C1)c1ccc(Cl)cc1. The van der Waals surface area contributed by atoms with Crippen LogP contribution in [0.25, 0.3) is 0 Å². The van der Waals surface area contributed by atoms with Crippen LogP contribution >= 0.6 is 11.6 Å². The minimum absolute atomic E-state index is 0.0975. The Morgan fingerprint density at radius 2 is 2.05 bits per heavy atom. The van der Waals surface area contributed by atoms with Gasteiger partial charge in [-0.15, -0.1) is 0 Å². The minimum atomic E-state index is -0.306. The lowest BCUT2D eigenvalue weighted by atomic mass is 9.98. The summed E-state index contributed by atoms with van der Waals surface area (Å²) in [6, 6.07) is 6.96. The molecule has 0 unspecified atom stereocenters. The maximum Gasteiger partial charge on any atom is 0.224 e. The van der Waals surface area contributed by atoms with Crippen molar-refractivity contribution in [3.63, 3.8) is 0 Å². The molecule has 120 valence electrons. The van der Waals surface area contributed by atoms with Crippen molar-refractivity contribution < 1.29 is 9.59 Å². The number of nitrogens with one attached hydrogen (secondary N) is 1. The van der Waals surface area contributed by atoms with Gasteiger partial charge in [0.1, 0.15) is 0 Å². The molecule has 1 aliphatic heterocycles. The normalized spacial score (nSPS) is 19.6. The Morgan fingerprint density at radius 1 is 1.36 bits per heavy atom. The Kier molecular flexibility index (Phi) is 5.83. The first kappa shape index (κ1) is 16.8. The number of carbonyl (C=O) groups is 2. The van der Waals surface area contributed by atoms with E-state index < -0.39 is 0 Å². The molecule has 1 aliphatic rings. The first-order valence-electron chi connectivity index (χ1n) is 7.76. The van der Waals surface area contributed by atoms with Crippen LogP contribution in [0, 0.1) is 5.92 Å². The Morgan fingerprint density at radius 3 is 2.64 bits per heavy atom. The number of amides is 2. The van der Waals surface area contributed by atoms with Crippen LogP contribution in [0.4, 0.5) is 0 Å². The van der Waals surface area contributed by atoms with Crippen molar-refractivity contribution in [2.24, 2.45) is 5.92 Å². The van der Waals surface area contributed by atoms with Crippen molar-refractivity contribution in [2.75, 3.05) is 13.1 Å². The molecule has 2 amide bonds. The van der Waals surface area contributed by atoms with E-state index in [2.05, 4.69) is 12.2 Å². The lowest BCUT2D eigenvalue weighted by molar-refractivity contribution is -0.133. The largest absolute Gasteiger partial charge is 0.349 e. The van der Waals surface area contributed by atoms with Crippen LogP contribution in [-0.4, -0.2) is 29.8 Å². The monoisotopic (exact) mass is 322 g/mol. The van der Waals surface area contributed by atoms with Gasteiger partial charge in [-0.3, -0.25) is 9.59 Å². The summed E-state index contributed by atoms with van der Waals surface area (Å²) in [5, 5.41) is 3.51. The summed E-state index contributed by atoms with van der Waals surface area (Å²) in [5.74, 6) is 0.507. The number of benzene rings is 1. The number of rotatable bonds is 4. The van der Waals surface area contributed by atoms with E-state index in [0.717, 1.165) is 25.1 Å². The molecular weight excluding hydrogens is 300 g/mol. The Labute approximate surface area is 136 Å². The van der Waals surface area contributed by atoms with E-state index in [9.17, 15) is 9.59 Å². The molecule has 1 N–H and O–H groups in total. The molecule has 4 nitrogen and oxygen atoms in total. The van der Waals surface area contributed by atoms with Crippen LogP contribution in [0.5, 0.6) is 0 Å². The highest BCUT2D eigenvalue weighted by Gasteiger charge is 2.24. The van der Waals surface area contributed by atoms with Gasteiger partial charge in [0.25, 0.3) is 0 Å². The smallest absolute Gasteiger partial charge is 0.224 e. The van der Waals surface area contributed by atoms with Crippen molar-refractivity contribution in [2.45, 2.75) is 39.2 Å². The maximum absolute atomic E-state index is 12.5. The van der Waals surface area contributed by atoms with Crippen LogP contribution in [-0.2, 0) is 9.59 Å². The summed E-state index contributed by atoms with van der Waals surface area (Å²) < 4.78 is 0. The highest BCUT2D eigenvalue weighted by Crippen LogP contribution is 2.22. The van der Waals surface area contributed by atoms with Gasteiger partial charge in [-0.1, -0.05) is 30.7 Å². The molecule has 1 fully saturated rings. The standard InChI is InChI=1S/C17H23ClN2O2/c1-12-4-3-9-20(11-12)17(22)10-16(19-13(2)21)14-5-7-15(18)8-6-14/h5-8,12,16H,3-4,9-11H2,1-2H3,(H,19,21)/t12-,16+/m0/s1. The topological polar surface area (TPSA) is 49.4 Å². The number of hydrogen-bond acceptors (Lipinski definition) is 2. The number of halogens is 1. The summed E-state index contributed by atoms with van der Waals surface area (Å²) >= 11 is 5.90. The first-order valence-corrected chi connectivity index (χ1v) is 8.14. The van der Waals surface area contributed by atoms with Crippen LogP contribution in [0.2, 0.25) is 5.02 Å². The third-order valence-corrected chi connectivity index (χ3v) is 4.29. The second-order valence-corrected chi connectivity index (χ2v) is 6.53. The Hall–Kier alpha value is -1.55. The number of carbonyl (C=O) groups excluding carboxylic acids is 2. The van der Waals surface area contributed by atoms with Crippen molar-refractivity contribution >= 4 is 23.4 Å². The zero-order chi connectivity index (χ0) is 16.1. The molecule has 22 heavy (non-hydrogen) atoms. The highest BCUT2D eigenvalue weighted by molar-refractivity contribution is 6.30. The summed E-state index contributed by atoms with van der Waals surface area (Å²) in [6.07, 6.45) is 2.52. The fourth-order valence-electron chi connectivity index (χ4n) is 2.91. The van der Waals surface area contributed by atoms with Gasteiger partial charge in [-0.2, -0.15) is 0 Å². The fraction of sp³-hybridized carbons (Fsp3) is 0.529. The van der Waals surface area contributed by atoms with Gasteiger partial charge in [-0.05, 0) is 36.5 Å². The zero-order valence-corrected chi connectivity index (χ0v) is 13.9. The molecule has 2 rings (SSSR count). The summed E-state index contributed by atoms with van der Waals surface area (Å²) in [6.45, 7) is 5.27. The van der Waals surface area contributed by atoms with E-state index in [1.165, 1.54) is 13.3 Å². The fourth-order valence-corrected chi connectivity index (χ4v) is 3.04. The molecule has 1 heterocycles. The summed E-state index contributed by atoms with van der Waals surface area (Å²) in [7, 11) is 0. The van der Waals surface area contributed by atoms with E-state index in [1.807, 2.05) is 17.0 Å². The van der Waals surface area contributed by atoms with Crippen molar-refractivity contribution in [1.82, 2.24) is 10.2 Å².